The van der Waals surface area contributed by atoms with Crippen LogP contribution in [0.2, 0.25) is 0 Å². The molecule has 1 atom stereocenters. The monoisotopic (exact) mass is 342 g/mol. The number of hydrogen-bond donors (Lipinski definition) is 0. The Morgan fingerprint density at radius 3 is 2.88 bits per heavy atom. The minimum absolute atomic E-state index is 0.0787. The fourth-order valence-corrected chi connectivity index (χ4v) is 3.57. The van der Waals surface area contributed by atoms with E-state index in [9.17, 15) is 0 Å². The smallest absolute Gasteiger partial charge is 0.131 e. The van der Waals surface area contributed by atoms with Gasteiger partial charge < -0.3 is 4.74 Å². The van der Waals surface area contributed by atoms with Gasteiger partial charge in [0.15, 0.2) is 0 Å². The summed E-state index contributed by atoms with van der Waals surface area (Å²) in [6, 6.07) is 19.0. The molecule has 2 aromatic carbocycles. The number of rotatable bonds is 4. The van der Waals surface area contributed by atoms with Crippen LogP contribution >= 0.6 is 0 Å². The topological polar surface area (TPSA) is 52.8 Å². The number of ether oxygens (including phenoxy) is 1. The average Bonchev–Trinajstić information content (AvgIpc) is 3.26. The molecule has 4 aromatic rings. The third kappa shape index (κ3) is 2.81. The Morgan fingerprint density at radius 2 is 1.96 bits per heavy atom. The Hall–Kier alpha value is -3.21. The molecule has 0 amide bonds. The second-order valence-electron chi connectivity index (χ2n) is 6.68. The maximum atomic E-state index is 6.13. The molecule has 0 saturated heterocycles. The predicted molar refractivity (Wildman–Crippen MR) is 99.1 cm³/mol. The highest BCUT2D eigenvalue weighted by Crippen LogP contribution is 2.31. The quantitative estimate of drug-likeness (QED) is 0.570. The maximum Gasteiger partial charge on any atom is 0.131 e. The van der Waals surface area contributed by atoms with E-state index in [2.05, 4.69) is 63.8 Å². The second kappa shape index (κ2) is 6.26. The molecule has 1 aliphatic heterocycles. The first-order valence-corrected chi connectivity index (χ1v) is 8.81. The van der Waals surface area contributed by atoms with Crippen molar-refractivity contribution in [2.75, 3.05) is 0 Å². The number of nitrogens with zero attached hydrogens (tertiary/aromatic N) is 4. The summed E-state index contributed by atoms with van der Waals surface area (Å²) in [5.74, 6) is 0.984. The molecular weight excluding hydrogens is 324 g/mol. The molecule has 1 unspecified atom stereocenters. The Bertz CT molecular complexity index is 1060. The molecule has 5 rings (SSSR count). The summed E-state index contributed by atoms with van der Waals surface area (Å²) in [4.78, 5) is 4.09. The highest BCUT2D eigenvalue weighted by atomic mass is 16.5. The van der Waals surface area contributed by atoms with E-state index in [-0.39, 0.29) is 6.10 Å². The van der Waals surface area contributed by atoms with E-state index < -0.39 is 0 Å². The predicted octanol–water partition coefficient (Wildman–Crippen LogP) is 3.42. The van der Waals surface area contributed by atoms with E-state index in [1.54, 1.807) is 12.4 Å². The van der Waals surface area contributed by atoms with Gasteiger partial charge in [-0.3, -0.25) is 4.98 Å². The van der Waals surface area contributed by atoms with Crippen LogP contribution in [0.3, 0.4) is 0 Å². The Labute approximate surface area is 151 Å². The lowest BCUT2D eigenvalue weighted by Crippen LogP contribution is -2.21. The van der Waals surface area contributed by atoms with Gasteiger partial charge in [0.2, 0.25) is 0 Å². The number of fused-ring (bicyclic) bond motifs is 2. The third-order valence-corrected chi connectivity index (χ3v) is 4.81. The molecule has 0 saturated carbocycles. The zero-order chi connectivity index (χ0) is 17.3. The molecule has 0 N–H and O–H groups in total. The number of aromatic nitrogens is 4. The molecule has 0 radical (unpaired) electrons. The Balaban J connectivity index is 1.33. The summed E-state index contributed by atoms with van der Waals surface area (Å²) in [5.41, 5.74) is 5.72. The van der Waals surface area contributed by atoms with Gasteiger partial charge in [-0.1, -0.05) is 47.7 Å². The number of hydrogen-bond acceptors (Lipinski definition) is 4. The summed E-state index contributed by atoms with van der Waals surface area (Å²) in [6.45, 7) is 0.684. The SMILES string of the molecule is c1ccc(Cc2ccc3c(c2)CC(Cn2nnc4cnccc42)O3)cc1. The van der Waals surface area contributed by atoms with E-state index in [0.717, 1.165) is 29.6 Å². The van der Waals surface area contributed by atoms with Crippen molar-refractivity contribution in [3.05, 3.63) is 83.7 Å². The Morgan fingerprint density at radius 1 is 1.04 bits per heavy atom. The van der Waals surface area contributed by atoms with Gasteiger partial charge in [0.1, 0.15) is 17.4 Å². The van der Waals surface area contributed by atoms with Crippen LogP contribution in [-0.2, 0) is 19.4 Å². The van der Waals surface area contributed by atoms with Gasteiger partial charge in [-0.05, 0) is 35.2 Å². The van der Waals surface area contributed by atoms with Gasteiger partial charge >= 0.3 is 0 Å². The maximum absolute atomic E-state index is 6.13. The van der Waals surface area contributed by atoms with Crippen molar-refractivity contribution in [2.45, 2.75) is 25.5 Å². The molecule has 5 nitrogen and oxygen atoms in total. The minimum Gasteiger partial charge on any atom is -0.488 e. The molecule has 2 aromatic heterocycles. The molecule has 0 bridgehead atoms. The lowest BCUT2D eigenvalue weighted by Gasteiger charge is -2.10. The van der Waals surface area contributed by atoms with E-state index in [0.29, 0.717) is 6.54 Å². The molecular formula is C21H18N4O. The summed E-state index contributed by atoms with van der Waals surface area (Å²) < 4.78 is 8.03. The van der Waals surface area contributed by atoms with Crippen LogP contribution in [0, 0.1) is 0 Å². The standard InChI is InChI=1S/C21H18N4O/c1-2-4-15(5-3-1)10-16-6-7-21-17(11-16)12-18(26-21)14-25-20-8-9-22-13-19(20)23-24-25/h1-9,11,13,18H,10,12,14H2. The van der Waals surface area contributed by atoms with Crippen LogP contribution in [0.1, 0.15) is 16.7 Å². The molecule has 5 heteroatoms. The highest BCUT2D eigenvalue weighted by Gasteiger charge is 2.24. The van der Waals surface area contributed by atoms with E-state index in [1.165, 1.54) is 16.7 Å². The van der Waals surface area contributed by atoms with Gasteiger partial charge in [-0.25, -0.2) is 4.68 Å². The summed E-state index contributed by atoms with van der Waals surface area (Å²) >= 11 is 0. The minimum atomic E-state index is 0.0787. The van der Waals surface area contributed by atoms with Crippen LogP contribution < -0.4 is 4.74 Å². The molecule has 26 heavy (non-hydrogen) atoms. The number of benzene rings is 2. The van der Waals surface area contributed by atoms with Gasteiger partial charge in [0, 0.05) is 12.6 Å². The fourth-order valence-electron chi connectivity index (χ4n) is 3.57. The van der Waals surface area contributed by atoms with Gasteiger partial charge in [-0.2, -0.15) is 0 Å². The zero-order valence-corrected chi connectivity index (χ0v) is 14.2. The van der Waals surface area contributed by atoms with Crippen LogP contribution in [0.25, 0.3) is 11.0 Å². The highest BCUT2D eigenvalue weighted by molar-refractivity contribution is 5.72. The van der Waals surface area contributed by atoms with Crippen molar-refractivity contribution in [1.82, 2.24) is 20.0 Å². The first-order valence-electron chi connectivity index (χ1n) is 8.81. The second-order valence-corrected chi connectivity index (χ2v) is 6.68. The zero-order valence-electron chi connectivity index (χ0n) is 14.2. The van der Waals surface area contributed by atoms with E-state index in [4.69, 9.17) is 4.74 Å². The third-order valence-electron chi connectivity index (χ3n) is 4.81. The molecule has 1 aliphatic rings. The van der Waals surface area contributed by atoms with Crippen LogP contribution in [-0.4, -0.2) is 26.1 Å². The van der Waals surface area contributed by atoms with Crippen molar-refractivity contribution in [2.24, 2.45) is 0 Å². The van der Waals surface area contributed by atoms with E-state index >= 15 is 0 Å². The summed E-state index contributed by atoms with van der Waals surface area (Å²) in [5, 5.41) is 8.41. The largest absolute Gasteiger partial charge is 0.488 e. The first-order chi connectivity index (χ1) is 12.8. The lowest BCUT2D eigenvalue weighted by atomic mass is 10.0. The fraction of sp³-hybridized carbons (Fsp3) is 0.190. The van der Waals surface area contributed by atoms with E-state index in [1.807, 2.05) is 10.7 Å². The van der Waals surface area contributed by atoms with Crippen LogP contribution in [0.5, 0.6) is 5.75 Å². The molecule has 128 valence electrons. The average molecular weight is 342 g/mol. The van der Waals surface area contributed by atoms with Gasteiger partial charge in [0.05, 0.1) is 18.3 Å². The molecule has 0 fully saturated rings. The van der Waals surface area contributed by atoms with Crippen molar-refractivity contribution in [3.63, 3.8) is 0 Å². The number of pyridine rings is 1. The first kappa shape index (κ1) is 15.1. The lowest BCUT2D eigenvalue weighted by molar-refractivity contribution is 0.204. The molecule has 0 aliphatic carbocycles. The Kier molecular flexibility index (Phi) is 3.63. The van der Waals surface area contributed by atoms with Crippen molar-refractivity contribution in [1.29, 1.82) is 0 Å². The molecule has 3 heterocycles. The molecule has 0 spiro atoms. The van der Waals surface area contributed by atoms with Crippen LogP contribution in [0.4, 0.5) is 0 Å². The van der Waals surface area contributed by atoms with Gasteiger partial charge in [-0.15, -0.1) is 5.10 Å². The van der Waals surface area contributed by atoms with Gasteiger partial charge in [0.25, 0.3) is 0 Å². The van der Waals surface area contributed by atoms with Crippen molar-refractivity contribution >= 4 is 11.0 Å². The van der Waals surface area contributed by atoms with Crippen LogP contribution in [0.15, 0.2) is 67.0 Å². The normalized spacial score (nSPS) is 15.8. The van der Waals surface area contributed by atoms with Crippen molar-refractivity contribution in [3.8, 4) is 5.75 Å². The summed E-state index contributed by atoms with van der Waals surface area (Å²) in [6.07, 6.45) is 5.42. The summed E-state index contributed by atoms with van der Waals surface area (Å²) in [7, 11) is 0. The van der Waals surface area contributed by atoms with Crippen molar-refractivity contribution < 1.29 is 4.74 Å².